The first-order chi connectivity index (χ1) is 12.2. The Bertz CT molecular complexity index is 825. The highest BCUT2D eigenvalue weighted by Gasteiger charge is 2.03. The van der Waals surface area contributed by atoms with E-state index in [2.05, 4.69) is 96.0 Å². The van der Waals surface area contributed by atoms with Gasteiger partial charge >= 0.3 is 0 Å². The van der Waals surface area contributed by atoms with Gasteiger partial charge in [-0.1, -0.05) is 18.2 Å². The predicted octanol–water partition coefficient (Wildman–Crippen LogP) is 5.38. The first-order valence-corrected chi connectivity index (χ1v) is 8.84. The van der Waals surface area contributed by atoms with E-state index < -0.39 is 0 Å². The number of rotatable bonds is 6. The molecule has 3 aromatic rings. The molecule has 1 aromatic heterocycles. The van der Waals surface area contributed by atoms with E-state index in [1.807, 2.05) is 12.3 Å². The number of aliphatic imine (C=N–C) groups is 1. The Morgan fingerprint density at radius 1 is 0.960 bits per heavy atom. The normalized spacial score (nSPS) is 11.2. The number of hydrogen-bond donors (Lipinski definition) is 0. The van der Waals surface area contributed by atoms with Crippen molar-refractivity contribution in [2.75, 3.05) is 18.0 Å². The maximum atomic E-state index is 4.62. The summed E-state index contributed by atoms with van der Waals surface area (Å²) in [4.78, 5) is 6.95. The number of anilines is 1. The molecule has 0 N–H and O–H groups in total. The topological polar surface area (TPSA) is 20.5 Å². The molecular weight excluding hydrogens is 306 g/mol. The van der Waals surface area contributed by atoms with Crippen molar-refractivity contribution >= 4 is 17.6 Å². The molecule has 0 aliphatic rings. The lowest BCUT2D eigenvalue weighted by Gasteiger charge is -2.20. The van der Waals surface area contributed by atoms with Crippen molar-refractivity contribution in [2.45, 2.75) is 20.8 Å². The largest absolute Gasteiger partial charge is 0.372 e. The summed E-state index contributed by atoms with van der Waals surface area (Å²) in [5.74, 6) is 0. The van der Waals surface area contributed by atoms with Gasteiger partial charge in [0, 0.05) is 48.1 Å². The Kier molecular flexibility index (Phi) is 5.34. The molecule has 0 aliphatic carbocycles. The first kappa shape index (κ1) is 17.0. The lowest BCUT2D eigenvalue weighted by atomic mass is 10.2. The van der Waals surface area contributed by atoms with Crippen molar-refractivity contribution in [3.8, 4) is 5.69 Å². The third-order valence-electron chi connectivity index (χ3n) is 4.41. The first-order valence-electron chi connectivity index (χ1n) is 8.84. The van der Waals surface area contributed by atoms with Crippen LogP contribution in [0.1, 0.15) is 25.1 Å². The van der Waals surface area contributed by atoms with Crippen LogP contribution in [0, 0.1) is 6.92 Å². The van der Waals surface area contributed by atoms with Crippen LogP contribution >= 0.6 is 0 Å². The Morgan fingerprint density at radius 3 is 2.28 bits per heavy atom. The van der Waals surface area contributed by atoms with Crippen LogP contribution in [0.25, 0.3) is 5.69 Å². The zero-order chi connectivity index (χ0) is 17.6. The van der Waals surface area contributed by atoms with Gasteiger partial charge in [-0.05, 0) is 63.2 Å². The van der Waals surface area contributed by atoms with Gasteiger partial charge in [-0.15, -0.1) is 0 Å². The minimum atomic E-state index is 0.973. The number of hydrogen-bond acceptors (Lipinski definition) is 2. The van der Waals surface area contributed by atoms with E-state index in [0.717, 1.165) is 24.3 Å². The molecule has 2 aromatic carbocycles. The van der Waals surface area contributed by atoms with Gasteiger partial charge in [-0.25, -0.2) is 0 Å². The highest BCUT2D eigenvalue weighted by atomic mass is 15.1. The maximum Gasteiger partial charge on any atom is 0.0631 e. The van der Waals surface area contributed by atoms with Crippen LogP contribution in [0.15, 0.2) is 71.9 Å². The van der Waals surface area contributed by atoms with Crippen LogP contribution in [0.5, 0.6) is 0 Å². The molecule has 0 bridgehead atoms. The van der Waals surface area contributed by atoms with E-state index >= 15 is 0 Å². The van der Waals surface area contributed by atoms with Crippen LogP contribution in [-0.4, -0.2) is 23.9 Å². The SMILES string of the molecule is CCN(CC)c1ccc(N=Cc2cc(C)n(-c3ccccc3)c2)cc1. The fourth-order valence-electron chi connectivity index (χ4n) is 3.02. The van der Waals surface area contributed by atoms with Crippen LogP contribution in [0.3, 0.4) is 0 Å². The highest BCUT2D eigenvalue weighted by Crippen LogP contribution is 2.20. The average molecular weight is 331 g/mol. The average Bonchev–Trinajstić information content (AvgIpc) is 3.03. The second kappa shape index (κ2) is 7.84. The summed E-state index contributed by atoms with van der Waals surface area (Å²) in [6, 6.07) is 20.9. The Balaban J connectivity index is 1.76. The smallest absolute Gasteiger partial charge is 0.0631 e. The van der Waals surface area contributed by atoms with Crippen molar-refractivity contribution in [3.05, 3.63) is 78.1 Å². The monoisotopic (exact) mass is 331 g/mol. The fourth-order valence-corrected chi connectivity index (χ4v) is 3.02. The van der Waals surface area contributed by atoms with E-state index in [0.29, 0.717) is 0 Å². The molecule has 3 nitrogen and oxygen atoms in total. The van der Waals surface area contributed by atoms with E-state index in [4.69, 9.17) is 0 Å². The molecule has 0 radical (unpaired) electrons. The van der Waals surface area contributed by atoms with Gasteiger partial charge in [0.1, 0.15) is 0 Å². The highest BCUT2D eigenvalue weighted by molar-refractivity contribution is 5.82. The second-order valence-electron chi connectivity index (χ2n) is 6.07. The number of benzene rings is 2. The Morgan fingerprint density at radius 2 is 1.64 bits per heavy atom. The Labute approximate surface area is 150 Å². The molecule has 0 unspecified atom stereocenters. The van der Waals surface area contributed by atoms with Gasteiger partial charge in [0.25, 0.3) is 0 Å². The molecule has 0 spiro atoms. The molecule has 3 heteroatoms. The van der Waals surface area contributed by atoms with Crippen LogP contribution in [-0.2, 0) is 0 Å². The summed E-state index contributed by atoms with van der Waals surface area (Å²) >= 11 is 0. The predicted molar refractivity (Wildman–Crippen MR) is 108 cm³/mol. The molecule has 3 rings (SSSR count). The molecule has 25 heavy (non-hydrogen) atoms. The maximum absolute atomic E-state index is 4.62. The van der Waals surface area contributed by atoms with Gasteiger partial charge in [0.2, 0.25) is 0 Å². The summed E-state index contributed by atoms with van der Waals surface area (Å²) < 4.78 is 2.19. The molecule has 0 amide bonds. The van der Waals surface area contributed by atoms with E-state index in [-0.39, 0.29) is 0 Å². The molecule has 0 aliphatic heterocycles. The van der Waals surface area contributed by atoms with E-state index in [9.17, 15) is 0 Å². The summed E-state index contributed by atoms with van der Waals surface area (Å²) in [7, 11) is 0. The molecule has 0 saturated heterocycles. The number of para-hydroxylation sites is 1. The van der Waals surface area contributed by atoms with Crippen molar-refractivity contribution in [1.29, 1.82) is 0 Å². The second-order valence-corrected chi connectivity index (χ2v) is 6.07. The molecule has 0 saturated carbocycles. The third kappa shape index (κ3) is 4.00. The van der Waals surface area contributed by atoms with E-state index in [1.165, 1.54) is 17.1 Å². The zero-order valence-electron chi connectivity index (χ0n) is 15.2. The van der Waals surface area contributed by atoms with E-state index in [1.54, 1.807) is 0 Å². The van der Waals surface area contributed by atoms with Crippen LogP contribution in [0.2, 0.25) is 0 Å². The summed E-state index contributed by atoms with van der Waals surface area (Å²) in [6.45, 7) is 8.50. The fraction of sp³-hybridized carbons (Fsp3) is 0.227. The van der Waals surface area contributed by atoms with Crippen molar-refractivity contribution in [1.82, 2.24) is 4.57 Å². The van der Waals surface area contributed by atoms with Gasteiger partial charge in [-0.2, -0.15) is 0 Å². The molecule has 128 valence electrons. The van der Waals surface area contributed by atoms with Crippen molar-refractivity contribution < 1.29 is 0 Å². The van der Waals surface area contributed by atoms with Gasteiger partial charge in [0.05, 0.1) is 5.69 Å². The molecule has 0 atom stereocenters. The molecule has 1 heterocycles. The molecular formula is C22H25N3. The quantitative estimate of drug-likeness (QED) is 0.555. The summed E-state index contributed by atoms with van der Waals surface area (Å²) in [5.41, 5.74) is 5.69. The van der Waals surface area contributed by atoms with Gasteiger partial charge < -0.3 is 9.47 Å². The molecule has 0 fully saturated rings. The van der Waals surface area contributed by atoms with Crippen molar-refractivity contribution in [3.63, 3.8) is 0 Å². The summed E-state index contributed by atoms with van der Waals surface area (Å²) in [5, 5.41) is 0. The minimum Gasteiger partial charge on any atom is -0.372 e. The zero-order valence-corrected chi connectivity index (χ0v) is 15.2. The van der Waals surface area contributed by atoms with Crippen LogP contribution in [0.4, 0.5) is 11.4 Å². The van der Waals surface area contributed by atoms with Crippen LogP contribution < -0.4 is 4.90 Å². The number of nitrogens with zero attached hydrogens (tertiary/aromatic N) is 3. The number of aryl methyl sites for hydroxylation is 1. The Hall–Kier alpha value is -2.81. The van der Waals surface area contributed by atoms with Gasteiger partial charge in [-0.3, -0.25) is 4.99 Å². The standard InChI is InChI=1S/C22H25N3/c1-4-24(5-2)21-13-11-20(12-14-21)23-16-19-15-18(3)25(17-19)22-9-7-6-8-10-22/h6-17H,4-5H2,1-3H3. The van der Waals surface area contributed by atoms with Crippen molar-refractivity contribution in [2.24, 2.45) is 4.99 Å². The lowest BCUT2D eigenvalue weighted by Crippen LogP contribution is -2.21. The minimum absolute atomic E-state index is 0.973. The number of aromatic nitrogens is 1. The third-order valence-corrected chi connectivity index (χ3v) is 4.41. The summed E-state index contributed by atoms with van der Waals surface area (Å²) in [6.07, 6.45) is 4.05. The van der Waals surface area contributed by atoms with Gasteiger partial charge in [0.15, 0.2) is 0 Å². The lowest BCUT2D eigenvalue weighted by molar-refractivity contribution is 0.866.